The fraction of sp³-hybridized carbons (Fsp3) is 0.105. The molecule has 4 aromatic carbocycles. The number of H-pyrrole nitrogens is 1. The number of aromatic nitrogens is 5. The van der Waals surface area contributed by atoms with Gasteiger partial charge in [0.05, 0.1) is 11.2 Å². The summed E-state index contributed by atoms with van der Waals surface area (Å²) in [5.74, 6) is 1.21. The minimum absolute atomic E-state index is 0.502. The number of alkyl halides is 3. The van der Waals surface area contributed by atoms with Crippen molar-refractivity contribution in [2.45, 2.75) is 26.1 Å². The topological polar surface area (TPSA) is 93.4 Å². The van der Waals surface area contributed by atoms with Gasteiger partial charge in [-0.1, -0.05) is 116 Å². The lowest BCUT2D eigenvalue weighted by atomic mass is 9.96. The Bertz CT molecular complexity index is 2070. The molecule has 3 heterocycles. The van der Waals surface area contributed by atoms with Crippen LogP contribution >= 0.6 is 0 Å². The quantitative estimate of drug-likeness (QED) is 0.191. The summed E-state index contributed by atoms with van der Waals surface area (Å²) in [4.78, 5) is 14.7. The van der Waals surface area contributed by atoms with Gasteiger partial charge in [-0.05, 0) is 34.4 Å². The van der Waals surface area contributed by atoms with Crippen molar-refractivity contribution in [2.75, 3.05) is 0 Å². The van der Waals surface area contributed by atoms with Gasteiger partial charge in [0.1, 0.15) is 5.69 Å². The summed E-state index contributed by atoms with van der Waals surface area (Å²) in [7, 11) is 0. The molecule has 3 aromatic heterocycles. The zero-order valence-electron chi connectivity index (χ0n) is 25.5. The second-order valence-corrected chi connectivity index (χ2v) is 10.8. The highest BCUT2D eigenvalue weighted by molar-refractivity contribution is 5.97. The number of benzene rings is 4. The maximum absolute atomic E-state index is 10.8. The van der Waals surface area contributed by atoms with Crippen LogP contribution in [0.4, 0.5) is 13.2 Å². The number of nitrogens with one attached hydrogen (secondary N) is 1. The van der Waals surface area contributed by atoms with E-state index in [-0.39, 0.29) is 0 Å². The lowest BCUT2D eigenvalue weighted by molar-refractivity contribution is -0.130. The summed E-state index contributed by atoms with van der Waals surface area (Å²) in [6.07, 6.45) is -2.92. The first-order valence-electron chi connectivity index (χ1n) is 15.1. The summed E-state index contributed by atoms with van der Waals surface area (Å²) < 4.78 is 32.4. The molecule has 0 radical (unpaired) electrons. The highest BCUT2D eigenvalue weighted by Gasteiger charge is 2.22. The van der Waals surface area contributed by atoms with Crippen LogP contribution in [0.25, 0.3) is 67.3 Å². The van der Waals surface area contributed by atoms with E-state index in [0.29, 0.717) is 23.9 Å². The lowest BCUT2D eigenvalue weighted by Gasteiger charge is -2.13. The first-order chi connectivity index (χ1) is 22.8. The van der Waals surface area contributed by atoms with Gasteiger partial charge in [0.2, 0.25) is 0 Å². The summed E-state index contributed by atoms with van der Waals surface area (Å²) in [6, 6.07) is 41.2. The van der Waals surface area contributed by atoms with Crippen LogP contribution in [0.5, 0.6) is 0 Å². The van der Waals surface area contributed by atoms with Crippen molar-refractivity contribution in [1.29, 1.82) is 0 Å². The van der Waals surface area contributed by atoms with E-state index >= 15 is 0 Å². The number of aromatic amines is 1. The molecule has 0 saturated carbocycles. The predicted molar refractivity (Wildman–Crippen MR) is 181 cm³/mol. The third-order valence-corrected chi connectivity index (χ3v) is 7.65. The van der Waals surface area contributed by atoms with E-state index in [2.05, 4.69) is 76.9 Å². The standard InChI is InChI=1S/C35H26N6.C3H5F3/c36-22-23-11-13-27(14-12-23)32-29(26-9-5-2-6-10-26)21-30-31(38-32)19-20-37-33(30)35-39-34(40-41-35)28-17-15-25(16-18-28)24-7-3-1-4-8-24;1-2-3(4,5)6/h1-21H,22,36H2,(H,39,40,41);2H2,1H3. The van der Waals surface area contributed by atoms with Gasteiger partial charge in [0.25, 0.3) is 0 Å². The number of halogens is 3. The van der Waals surface area contributed by atoms with E-state index in [9.17, 15) is 13.2 Å². The average Bonchev–Trinajstić information content (AvgIpc) is 3.62. The molecule has 0 unspecified atom stereocenters. The Hall–Kier alpha value is -5.67. The number of nitrogens with two attached hydrogens (primary N) is 1. The van der Waals surface area contributed by atoms with Crippen LogP contribution in [-0.2, 0) is 6.54 Å². The Morgan fingerprint density at radius 1 is 0.660 bits per heavy atom. The van der Waals surface area contributed by atoms with Crippen molar-refractivity contribution in [1.82, 2.24) is 25.1 Å². The molecule has 6 nitrogen and oxygen atoms in total. The van der Waals surface area contributed by atoms with Crippen molar-refractivity contribution in [3.05, 3.63) is 133 Å². The molecule has 3 N–H and O–H groups in total. The van der Waals surface area contributed by atoms with Gasteiger partial charge in [-0.15, -0.1) is 0 Å². The van der Waals surface area contributed by atoms with Gasteiger partial charge in [0, 0.05) is 41.2 Å². The molecule has 0 fully saturated rings. The molecule has 0 bridgehead atoms. The van der Waals surface area contributed by atoms with E-state index < -0.39 is 12.6 Å². The monoisotopic (exact) mass is 628 g/mol. The molecule has 7 aromatic rings. The second-order valence-electron chi connectivity index (χ2n) is 10.8. The SMILES string of the molecule is CCC(F)(F)F.NCc1ccc(-c2nc3ccnc(-c4nc(-c5ccc(-c6ccccc6)cc5)n[nH]4)c3cc2-c2ccccc2)cc1. The maximum atomic E-state index is 10.8. The highest BCUT2D eigenvalue weighted by Crippen LogP contribution is 2.36. The van der Waals surface area contributed by atoms with Crippen LogP contribution in [-0.4, -0.2) is 31.3 Å². The first-order valence-corrected chi connectivity index (χ1v) is 15.1. The Balaban J connectivity index is 0.000000591. The third kappa shape index (κ3) is 7.26. The minimum atomic E-state index is -3.96. The smallest absolute Gasteiger partial charge is 0.326 e. The molecular weight excluding hydrogens is 597 g/mol. The van der Waals surface area contributed by atoms with Gasteiger partial charge >= 0.3 is 6.18 Å². The van der Waals surface area contributed by atoms with E-state index in [1.54, 1.807) is 6.20 Å². The predicted octanol–water partition coefficient (Wildman–Crippen LogP) is 9.50. The van der Waals surface area contributed by atoms with Crippen LogP contribution in [0.1, 0.15) is 18.9 Å². The Kier molecular flexibility index (Phi) is 9.17. The van der Waals surface area contributed by atoms with Gasteiger partial charge < -0.3 is 5.73 Å². The fourth-order valence-electron chi connectivity index (χ4n) is 5.08. The van der Waals surface area contributed by atoms with Crippen LogP contribution < -0.4 is 5.73 Å². The normalized spacial score (nSPS) is 11.3. The van der Waals surface area contributed by atoms with Gasteiger partial charge in [-0.2, -0.15) is 18.3 Å². The molecule has 0 aliphatic carbocycles. The minimum Gasteiger partial charge on any atom is -0.326 e. The van der Waals surface area contributed by atoms with Gasteiger partial charge in [-0.25, -0.2) is 9.97 Å². The van der Waals surface area contributed by atoms with Crippen molar-refractivity contribution in [3.63, 3.8) is 0 Å². The van der Waals surface area contributed by atoms with E-state index in [4.69, 9.17) is 20.7 Å². The largest absolute Gasteiger partial charge is 0.388 e. The molecule has 7 rings (SSSR count). The molecule has 9 heteroatoms. The number of pyridine rings is 2. The molecule has 0 atom stereocenters. The van der Waals surface area contributed by atoms with Gasteiger partial charge in [-0.3, -0.25) is 10.1 Å². The number of rotatable bonds is 6. The molecule has 0 saturated heterocycles. The van der Waals surface area contributed by atoms with Crippen molar-refractivity contribution in [2.24, 2.45) is 5.73 Å². The third-order valence-electron chi connectivity index (χ3n) is 7.65. The molecule has 0 spiro atoms. The van der Waals surface area contributed by atoms with E-state index in [0.717, 1.165) is 56.9 Å². The molecule has 47 heavy (non-hydrogen) atoms. The summed E-state index contributed by atoms with van der Waals surface area (Å²) in [5, 5.41) is 8.54. The average molecular weight is 629 g/mol. The summed E-state index contributed by atoms with van der Waals surface area (Å²) >= 11 is 0. The molecule has 0 aliphatic rings. The molecule has 0 aliphatic heterocycles. The zero-order chi connectivity index (χ0) is 32.8. The zero-order valence-corrected chi connectivity index (χ0v) is 25.5. The highest BCUT2D eigenvalue weighted by atomic mass is 19.4. The summed E-state index contributed by atoms with van der Waals surface area (Å²) in [6.45, 7) is 1.59. The molecule has 0 amide bonds. The first kappa shape index (κ1) is 31.3. The van der Waals surface area contributed by atoms with Crippen LogP contribution in [0.15, 0.2) is 128 Å². The fourth-order valence-corrected chi connectivity index (χ4v) is 5.08. The van der Waals surface area contributed by atoms with E-state index in [1.807, 2.05) is 54.6 Å². The van der Waals surface area contributed by atoms with Crippen molar-refractivity contribution in [3.8, 4) is 56.4 Å². The number of hydrogen-bond donors (Lipinski definition) is 2. The van der Waals surface area contributed by atoms with Crippen LogP contribution in [0.3, 0.4) is 0 Å². The lowest BCUT2D eigenvalue weighted by Crippen LogP contribution is -2.02. The van der Waals surface area contributed by atoms with Crippen LogP contribution in [0.2, 0.25) is 0 Å². The van der Waals surface area contributed by atoms with Crippen molar-refractivity contribution >= 4 is 10.9 Å². The number of nitrogens with zero attached hydrogens (tertiary/aromatic N) is 4. The Morgan fingerprint density at radius 3 is 1.85 bits per heavy atom. The van der Waals surface area contributed by atoms with Crippen molar-refractivity contribution < 1.29 is 13.2 Å². The molecule has 234 valence electrons. The summed E-state index contributed by atoms with van der Waals surface area (Å²) in [5.41, 5.74) is 15.7. The Morgan fingerprint density at radius 2 is 1.23 bits per heavy atom. The molecular formula is C38H31F3N6. The number of fused-ring (bicyclic) bond motifs is 1. The number of hydrogen-bond acceptors (Lipinski definition) is 5. The Labute approximate surface area is 270 Å². The van der Waals surface area contributed by atoms with Gasteiger partial charge in [0.15, 0.2) is 11.6 Å². The second kappa shape index (κ2) is 13.8. The van der Waals surface area contributed by atoms with E-state index in [1.165, 1.54) is 5.56 Å². The van der Waals surface area contributed by atoms with Crippen LogP contribution in [0, 0.1) is 0 Å². The maximum Gasteiger partial charge on any atom is 0.388 e.